The smallest absolute Gasteiger partial charge is 0.166 e. The van der Waals surface area contributed by atoms with Gasteiger partial charge in [-0.1, -0.05) is 54.1 Å². The molecule has 0 N–H and O–H groups in total. The van der Waals surface area contributed by atoms with Crippen LogP contribution in [0, 0.1) is 13.8 Å². The molecule has 0 aliphatic heterocycles. The number of halogens is 12. The molecule has 228 valence electrons. The van der Waals surface area contributed by atoms with Crippen LogP contribution < -0.4 is 0 Å². The number of hydrogen-bond donors (Lipinski definition) is 0. The van der Waals surface area contributed by atoms with Crippen LogP contribution in [0.25, 0.3) is 22.3 Å². The largest absolute Gasteiger partial charge is 0.417 e. The maximum absolute atomic E-state index is 14.1. The first-order chi connectivity index (χ1) is 19.7. The minimum atomic E-state index is -5.16. The van der Waals surface area contributed by atoms with Gasteiger partial charge in [0, 0.05) is 0 Å². The van der Waals surface area contributed by atoms with Gasteiger partial charge in [-0.05, 0) is 83.5 Å². The fourth-order valence-corrected chi connectivity index (χ4v) is 4.80. The van der Waals surface area contributed by atoms with Gasteiger partial charge in [-0.25, -0.2) is 0 Å². The number of benzene rings is 4. The summed E-state index contributed by atoms with van der Waals surface area (Å²) >= 11 is 0. The van der Waals surface area contributed by atoms with Crippen molar-refractivity contribution in [2.24, 2.45) is 0 Å². The standard InChI is InChI=1S/C31H20F12/c1-16-3-9-22(26(11-16)30(38,39)40)23-10-5-18(13-27(23)31(41,42)43)12-21-8-7-20(15-25(21)29(35,36)37)19-6-4-17(2)24(14-19)28(32,33)34/h3-11,13-15H,12H2,1-2H3. The third-order valence-corrected chi connectivity index (χ3v) is 6.85. The minimum absolute atomic E-state index is 0.138. The fraction of sp³-hybridized carbons (Fsp3) is 0.226. The van der Waals surface area contributed by atoms with Gasteiger partial charge in [0.1, 0.15) is 0 Å². The summed E-state index contributed by atoms with van der Waals surface area (Å²) in [6.45, 7) is 2.53. The number of aryl methyl sites for hydroxylation is 2. The zero-order chi connectivity index (χ0) is 32.1. The summed E-state index contributed by atoms with van der Waals surface area (Å²) in [5.41, 5.74) is -7.72. The highest BCUT2D eigenvalue weighted by atomic mass is 19.4. The van der Waals surface area contributed by atoms with E-state index in [2.05, 4.69) is 0 Å². The lowest BCUT2D eigenvalue weighted by atomic mass is 9.89. The molecule has 0 heterocycles. The molecule has 4 aromatic rings. The summed E-state index contributed by atoms with van der Waals surface area (Å²) in [6, 6.07) is 10.8. The molecule has 0 bridgehead atoms. The normalized spacial score (nSPS) is 13.0. The Labute approximate surface area is 237 Å². The fourth-order valence-electron chi connectivity index (χ4n) is 4.80. The van der Waals surface area contributed by atoms with Crippen molar-refractivity contribution < 1.29 is 52.7 Å². The Morgan fingerprint density at radius 3 is 1.44 bits per heavy atom. The van der Waals surface area contributed by atoms with E-state index in [0.29, 0.717) is 24.3 Å². The molecule has 0 atom stereocenters. The van der Waals surface area contributed by atoms with Crippen LogP contribution in [-0.4, -0.2) is 0 Å². The summed E-state index contributed by atoms with van der Waals surface area (Å²) in [5, 5.41) is 0. The minimum Gasteiger partial charge on any atom is -0.166 e. The first kappa shape index (κ1) is 32.0. The predicted octanol–water partition coefficient (Wildman–Crippen LogP) is 11.3. The average Bonchev–Trinajstić information content (AvgIpc) is 2.87. The molecular formula is C31H20F12. The summed E-state index contributed by atoms with van der Waals surface area (Å²) < 4.78 is 165. The molecule has 0 amide bonds. The highest BCUT2D eigenvalue weighted by Gasteiger charge is 2.39. The van der Waals surface area contributed by atoms with Crippen molar-refractivity contribution in [3.8, 4) is 22.3 Å². The molecule has 12 heteroatoms. The maximum atomic E-state index is 14.1. The predicted molar refractivity (Wildman–Crippen MR) is 136 cm³/mol. The van der Waals surface area contributed by atoms with E-state index >= 15 is 0 Å². The van der Waals surface area contributed by atoms with Crippen molar-refractivity contribution in [3.63, 3.8) is 0 Å². The lowest BCUT2D eigenvalue weighted by Crippen LogP contribution is -2.13. The highest BCUT2D eigenvalue weighted by Crippen LogP contribution is 2.44. The monoisotopic (exact) mass is 620 g/mol. The van der Waals surface area contributed by atoms with Gasteiger partial charge in [-0.15, -0.1) is 0 Å². The van der Waals surface area contributed by atoms with Crippen LogP contribution in [0.15, 0.2) is 72.8 Å². The Balaban J connectivity index is 1.81. The molecule has 0 unspecified atom stereocenters. The Hall–Kier alpha value is -3.96. The summed E-state index contributed by atoms with van der Waals surface area (Å²) in [7, 11) is 0. The van der Waals surface area contributed by atoms with Gasteiger partial charge >= 0.3 is 24.7 Å². The Bertz CT molecular complexity index is 1650. The van der Waals surface area contributed by atoms with E-state index in [1.807, 2.05) is 0 Å². The van der Waals surface area contributed by atoms with Crippen LogP contribution in [0.5, 0.6) is 0 Å². The number of alkyl halides is 12. The lowest BCUT2D eigenvalue weighted by Gasteiger charge is -2.20. The van der Waals surface area contributed by atoms with Gasteiger partial charge in [0.25, 0.3) is 0 Å². The van der Waals surface area contributed by atoms with Crippen molar-refractivity contribution >= 4 is 0 Å². The van der Waals surface area contributed by atoms with Crippen LogP contribution in [0.1, 0.15) is 44.5 Å². The zero-order valence-electron chi connectivity index (χ0n) is 22.2. The van der Waals surface area contributed by atoms with E-state index in [4.69, 9.17) is 0 Å². The van der Waals surface area contributed by atoms with Crippen molar-refractivity contribution in [1.29, 1.82) is 0 Å². The average molecular weight is 620 g/mol. The molecule has 0 saturated heterocycles. The molecule has 0 spiro atoms. The van der Waals surface area contributed by atoms with E-state index in [0.717, 1.165) is 36.4 Å². The lowest BCUT2D eigenvalue weighted by molar-refractivity contribution is -0.139. The van der Waals surface area contributed by atoms with Crippen LogP contribution in [-0.2, 0) is 31.1 Å². The Morgan fingerprint density at radius 2 is 0.907 bits per heavy atom. The van der Waals surface area contributed by atoms with Crippen LogP contribution in [0.4, 0.5) is 52.7 Å². The summed E-state index contributed by atoms with van der Waals surface area (Å²) in [5.74, 6) is 0. The first-order valence-electron chi connectivity index (χ1n) is 12.4. The molecule has 0 saturated carbocycles. The second-order valence-corrected chi connectivity index (χ2v) is 10.00. The van der Waals surface area contributed by atoms with Gasteiger partial charge in [-0.2, -0.15) is 52.7 Å². The Kier molecular flexibility index (Phi) is 8.14. The molecule has 0 aliphatic rings. The molecule has 4 rings (SSSR count). The van der Waals surface area contributed by atoms with E-state index < -0.39 is 70.1 Å². The molecule has 43 heavy (non-hydrogen) atoms. The summed E-state index contributed by atoms with van der Waals surface area (Å²) in [6.07, 6.45) is -20.6. The SMILES string of the molecule is Cc1ccc(-c2ccc(Cc3ccc(-c4ccc(C)c(C(F)(F)F)c4)cc3C(F)(F)F)cc2C(F)(F)F)c(C(F)(F)F)c1. The van der Waals surface area contributed by atoms with Crippen molar-refractivity contribution in [2.45, 2.75) is 45.0 Å². The molecule has 4 aromatic carbocycles. The maximum Gasteiger partial charge on any atom is 0.417 e. The zero-order valence-corrected chi connectivity index (χ0v) is 22.2. The van der Waals surface area contributed by atoms with Crippen molar-refractivity contribution in [2.75, 3.05) is 0 Å². The van der Waals surface area contributed by atoms with Gasteiger partial charge < -0.3 is 0 Å². The van der Waals surface area contributed by atoms with Crippen molar-refractivity contribution in [3.05, 3.63) is 117 Å². The van der Waals surface area contributed by atoms with E-state index in [1.165, 1.54) is 26.0 Å². The van der Waals surface area contributed by atoms with E-state index in [9.17, 15) is 52.7 Å². The molecule has 0 radical (unpaired) electrons. The van der Waals surface area contributed by atoms with Gasteiger partial charge in [0.05, 0.1) is 22.3 Å². The van der Waals surface area contributed by atoms with E-state index in [1.54, 1.807) is 0 Å². The third-order valence-electron chi connectivity index (χ3n) is 6.85. The highest BCUT2D eigenvalue weighted by molar-refractivity contribution is 5.73. The van der Waals surface area contributed by atoms with Gasteiger partial charge in [0.2, 0.25) is 0 Å². The molecular weight excluding hydrogens is 600 g/mol. The second-order valence-electron chi connectivity index (χ2n) is 10.00. The van der Waals surface area contributed by atoms with Crippen LogP contribution >= 0.6 is 0 Å². The van der Waals surface area contributed by atoms with E-state index in [-0.39, 0.29) is 27.8 Å². The number of rotatable bonds is 4. The van der Waals surface area contributed by atoms with Gasteiger partial charge in [0.15, 0.2) is 0 Å². The topological polar surface area (TPSA) is 0 Å². The first-order valence-corrected chi connectivity index (χ1v) is 12.4. The molecule has 0 aromatic heterocycles. The van der Waals surface area contributed by atoms with Crippen LogP contribution in [0.3, 0.4) is 0 Å². The molecule has 0 nitrogen and oxygen atoms in total. The molecule has 0 aliphatic carbocycles. The van der Waals surface area contributed by atoms with Crippen LogP contribution in [0.2, 0.25) is 0 Å². The number of hydrogen-bond acceptors (Lipinski definition) is 0. The molecule has 0 fully saturated rings. The van der Waals surface area contributed by atoms with Gasteiger partial charge in [-0.3, -0.25) is 0 Å². The third kappa shape index (κ3) is 7.00. The Morgan fingerprint density at radius 1 is 0.442 bits per heavy atom. The second kappa shape index (κ2) is 10.9. The van der Waals surface area contributed by atoms with Crippen molar-refractivity contribution in [1.82, 2.24) is 0 Å². The summed E-state index contributed by atoms with van der Waals surface area (Å²) in [4.78, 5) is 0. The quantitative estimate of drug-likeness (QED) is 0.199.